The lowest BCUT2D eigenvalue weighted by molar-refractivity contribution is 0.888. The Kier molecular flexibility index (Phi) is 2.93. The highest BCUT2D eigenvalue weighted by Gasteiger charge is 2.13. The van der Waals surface area contributed by atoms with Crippen LogP contribution < -0.4 is 0 Å². The SMILES string of the molecule is Cc1cc(C)c2c(CCC#N)c(C)n(C)c2c1. The fraction of sp³-hybridized carbons (Fsp3) is 0.400. The topological polar surface area (TPSA) is 28.7 Å². The first-order valence-corrected chi connectivity index (χ1v) is 5.98. The number of benzene rings is 1. The molecule has 0 radical (unpaired) electrons. The van der Waals surface area contributed by atoms with Gasteiger partial charge in [-0.1, -0.05) is 6.07 Å². The Balaban J connectivity index is 2.75. The van der Waals surface area contributed by atoms with E-state index in [1.807, 2.05) is 0 Å². The second kappa shape index (κ2) is 4.25. The van der Waals surface area contributed by atoms with E-state index in [0.717, 1.165) is 6.42 Å². The van der Waals surface area contributed by atoms with Crippen LogP contribution in [0.5, 0.6) is 0 Å². The second-order valence-electron chi connectivity index (χ2n) is 4.76. The van der Waals surface area contributed by atoms with Crippen LogP contribution in [0.3, 0.4) is 0 Å². The van der Waals surface area contributed by atoms with Gasteiger partial charge in [-0.2, -0.15) is 5.26 Å². The standard InChI is InChI=1S/C15H18N2/c1-10-8-11(2)15-13(6-5-7-16)12(3)17(4)14(15)9-10/h8-9H,5-6H2,1-4H3. The normalized spacial score (nSPS) is 10.8. The Morgan fingerprint density at radius 1 is 1.24 bits per heavy atom. The van der Waals surface area contributed by atoms with E-state index in [4.69, 9.17) is 5.26 Å². The van der Waals surface area contributed by atoms with Crippen molar-refractivity contribution in [3.05, 3.63) is 34.5 Å². The molecule has 2 aromatic rings. The van der Waals surface area contributed by atoms with Gasteiger partial charge in [0.1, 0.15) is 0 Å². The minimum atomic E-state index is 0.591. The Morgan fingerprint density at radius 2 is 1.94 bits per heavy atom. The predicted molar refractivity (Wildman–Crippen MR) is 71.1 cm³/mol. The number of aromatic nitrogens is 1. The number of hydrogen-bond acceptors (Lipinski definition) is 1. The minimum absolute atomic E-state index is 0.591. The summed E-state index contributed by atoms with van der Waals surface area (Å²) in [7, 11) is 2.10. The molecule has 0 bridgehead atoms. The molecular weight excluding hydrogens is 208 g/mol. The van der Waals surface area contributed by atoms with Crippen LogP contribution in [0.4, 0.5) is 0 Å². The summed E-state index contributed by atoms with van der Waals surface area (Å²) in [5.74, 6) is 0. The van der Waals surface area contributed by atoms with Crippen LogP contribution in [0.25, 0.3) is 10.9 Å². The van der Waals surface area contributed by atoms with Gasteiger partial charge in [0.05, 0.1) is 6.07 Å². The van der Waals surface area contributed by atoms with Gasteiger partial charge in [0.25, 0.3) is 0 Å². The third-order valence-corrected chi connectivity index (χ3v) is 3.55. The fourth-order valence-electron chi connectivity index (χ4n) is 2.65. The molecule has 1 aromatic heterocycles. The van der Waals surface area contributed by atoms with Crippen LogP contribution in [-0.4, -0.2) is 4.57 Å². The number of nitrogens with zero attached hydrogens (tertiary/aromatic N) is 2. The van der Waals surface area contributed by atoms with E-state index in [2.05, 4.69) is 50.6 Å². The van der Waals surface area contributed by atoms with Crippen LogP contribution in [0, 0.1) is 32.1 Å². The molecule has 0 fully saturated rings. The van der Waals surface area contributed by atoms with Gasteiger partial charge < -0.3 is 4.57 Å². The molecule has 0 aliphatic heterocycles. The summed E-state index contributed by atoms with van der Waals surface area (Å²) in [6.45, 7) is 6.43. The van der Waals surface area contributed by atoms with Crippen molar-refractivity contribution in [1.82, 2.24) is 4.57 Å². The Labute approximate surface area is 102 Å². The smallest absolute Gasteiger partial charge is 0.0625 e. The Bertz CT molecular complexity index is 612. The first-order chi connectivity index (χ1) is 8.06. The first kappa shape index (κ1) is 11.7. The van der Waals surface area contributed by atoms with E-state index in [1.54, 1.807) is 0 Å². The van der Waals surface area contributed by atoms with Crippen molar-refractivity contribution >= 4 is 10.9 Å². The number of fused-ring (bicyclic) bond motifs is 1. The van der Waals surface area contributed by atoms with Crippen molar-refractivity contribution in [2.45, 2.75) is 33.6 Å². The summed E-state index contributed by atoms with van der Waals surface area (Å²) in [4.78, 5) is 0. The lowest BCUT2D eigenvalue weighted by Crippen LogP contribution is -1.92. The van der Waals surface area contributed by atoms with Gasteiger partial charge in [0.2, 0.25) is 0 Å². The van der Waals surface area contributed by atoms with Crippen molar-refractivity contribution in [2.75, 3.05) is 0 Å². The zero-order valence-corrected chi connectivity index (χ0v) is 11.0. The molecule has 2 rings (SSSR count). The summed E-state index contributed by atoms with van der Waals surface area (Å²) in [6, 6.07) is 6.69. The van der Waals surface area contributed by atoms with Crippen molar-refractivity contribution in [2.24, 2.45) is 7.05 Å². The van der Waals surface area contributed by atoms with Crippen LogP contribution in [-0.2, 0) is 13.5 Å². The van der Waals surface area contributed by atoms with Crippen molar-refractivity contribution in [3.63, 3.8) is 0 Å². The summed E-state index contributed by atoms with van der Waals surface area (Å²) in [5.41, 5.74) is 6.51. The highest BCUT2D eigenvalue weighted by atomic mass is 14.9. The number of nitriles is 1. The molecule has 0 saturated heterocycles. The number of hydrogen-bond donors (Lipinski definition) is 0. The molecule has 0 aliphatic carbocycles. The number of rotatable bonds is 2. The summed E-state index contributed by atoms with van der Waals surface area (Å²) in [5, 5.41) is 10.1. The summed E-state index contributed by atoms with van der Waals surface area (Å²) >= 11 is 0. The van der Waals surface area contributed by atoms with Crippen LogP contribution in [0.15, 0.2) is 12.1 Å². The maximum absolute atomic E-state index is 8.75. The van der Waals surface area contributed by atoms with Crippen molar-refractivity contribution in [1.29, 1.82) is 5.26 Å². The molecule has 1 heterocycles. The van der Waals surface area contributed by atoms with Gasteiger partial charge in [0.15, 0.2) is 0 Å². The Morgan fingerprint density at radius 3 is 2.59 bits per heavy atom. The molecule has 17 heavy (non-hydrogen) atoms. The molecule has 0 atom stereocenters. The molecule has 2 nitrogen and oxygen atoms in total. The van der Waals surface area contributed by atoms with Crippen LogP contribution in [0.1, 0.15) is 28.8 Å². The fourth-order valence-corrected chi connectivity index (χ4v) is 2.65. The second-order valence-corrected chi connectivity index (χ2v) is 4.76. The molecule has 0 saturated carbocycles. The van der Waals surface area contributed by atoms with Gasteiger partial charge in [0, 0.05) is 30.1 Å². The quantitative estimate of drug-likeness (QED) is 0.769. The van der Waals surface area contributed by atoms with Gasteiger partial charge in [-0.3, -0.25) is 0 Å². The van der Waals surface area contributed by atoms with E-state index >= 15 is 0 Å². The average Bonchev–Trinajstić information content (AvgIpc) is 2.51. The third kappa shape index (κ3) is 1.82. The highest BCUT2D eigenvalue weighted by molar-refractivity contribution is 5.89. The zero-order valence-electron chi connectivity index (χ0n) is 11.0. The van der Waals surface area contributed by atoms with Crippen LogP contribution in [0.2, 0.25) is 0 Å². The lowest BCUT2D eigenvalue weighted by Gasteiger charge is -2.03. The summed E-state index contributed by atoms with van der Waals surface area (Å²) < 4.78 is 2.24. The maximum atomic E-state index is 8.75. The molecule has 0 aliphatic rings. The molecular formula is C15H18N2. The van der Waals surface area contributed by atoms with E-state index in [9.17, 15) is 0 Å². The molecule has 0 amide bonds. The predicted octanol–water partition coefficient (Wildman–Crippen LogP) is 3.56. The van der Waals surface area contributed by atoms with E-state index in [-0.39, 0.29) is 0 Å². The largest absolute Gasteiger partial charge is 0.348 e. The zero-order chi connectivity index (χ0) is 12.6. The van der Waals surface area contributed by atoms with Crippen molar-refractivity contribution in [3.8, 4) is 6.07 Å². The van der Waals surface area contributed by atoms with Gasteiger partial charge in [-0.05, 0) is 49.9 Å². The molecule has 0 unspecified atom stereocenters. The highest BCUT2D eigenvalue weighted by Crippen LogP contribution is 2.29. The minimum Gasteiger partial charge on any atom is -0.348 e. The third-order valence-electron chi connectivity index (χ3n) is 3.55. The molecule has 1 aromatic carbocycles. The monoisotopic (exact) mass is 226 g/mol. The molecule has 88 valence electrons. The van der Waals surface area contributed by atoms with Crippen molar-refractivity contribution < 1.29 is 0 Å². The maximum Gasteiger partial charge on any atom is 0.0625 e. The molecule has 0 spiro atoms. The van der Waals surface area contributed by atoms with Gasteiger partial charge in [-0.15, -0.1) is 0 Å². The van der Waals surface area contributed by atoms with E-state index in [1.165, 1.54) is 33.3 Å². The van der Waals surface area contributed by atoms with Gasteiger partial charge >= 0.3 is 0 Å². The first-order valence-electron chi connectivity index (χ1n) is 5.98. The number of aryl methyl sites for hydroxylation is 4. The molecule has 2 heteroatoms. The average molecular weight is 226 g/mol. The molecule has 0 N–H and O–H groups in total. The van der Waals surface area contributed by atoms with Crippen LogP contribution >= 0.6 is 0 Å². The summed E-state index contributed by atoms with van der Waals surface area (Å²) in [6.07, 6.45) is 1.44. The lowest BCUT2D eigenvalue weighted by atomic mass is 10.0. The van der Waals surface area contributed by atoms with E-state index in [0.29, 0.717) is 6.42 Å². The Hall–Kier alpha value is -1.75. The van der Waals surface area contributed by atoms with Gasteiger partial charge in [-0.25, -0.2) is 0 Å². The van der Waals surface area contributed by atoms with E-state index < -0.39 is 0 Å².